The van der Waals surface area contributed by atoms with Crippen LogP contribution in [0.2, 0.25) is 0 Å². The van der Waals surface area contributed by atoms with E-state index in [2.05, 4.69) is 68.7 Å². The van der Waals surface area contributed by atoms with Gasteiger partial charge in [0.05, 0.1) is 6.54 Å². The molecule has 25 heavy (non-hydrogen) atoms. The van der Waals surface area contributed by atoms with Crippen molar-refractivity contribution in [2.24, 2.45) is 0 Å². The van der Waals surface area contributed by atoms with Gasteiger partial charge in [0.15, 0.2) is 0 Å². The molecule has 0 atom stereocenters. The number of benzene rings is 2. The van der Waals surface area contributed by atoms with Crippen LogP contribution in [0.25, 0.3) is 0 Å². The molecule has 0 aliphatic rings. The number of anilines is 1. The molecule has 3 heteroatoms. The van der Waals surface area contributed by atoms with E-state index in [1.54, 1.807) is 0 Å². The van der Waals surface area contributed by atoms with E-state index in [0.29, 0.717) is 24.9 Å². The van der Waals surface area contributed by atoms with E-state index in [1.165, 1.54) is 16.7 Å². The molecular formula is C22H30N2O. The molecule has 2 rings (SSSR count). The number of hydrogen-bond acceptors (Lipinski definition) is 2. The Morgan fingerprint density at radius 3 is 2.04 bits per heavy atom. The lowest BCUT2D eigenvalue weighted by Crippen LogP contribution is -2.31. The minimum atomic E-state index is 0.0317. The third-order valence-corrected chi connectivity index (χ3v) is 4.38. The molecular weight excluding hydrogens is 308 g/mol. The lowest BCUT2D eigenvalue weighted by Gasteiger charge is -2.20. The zero-order chi connectivity index (χ0) is 18.2. The topological polar surface area (TPSA) is 41.1 Å². The Kier molecular flexibility index (Phi) is 7.05. The zero-order valence-electron chi connectivity index (χ0n) is 15.8. The Hall–Kier alpha value is -2.29. The van der Waals surface area contributed by atoms with Gasteiger partial charge in [-0.15, -0.1) is 0 Å². The number of para-hydroxylation sites is 1. The van der Waals surface area contributed by atoms with Crippen molar-refractivity contribution < 1.29 is 4.79 Å². The summed E-state index contributed by atoms with van der Waals surface area (Å²) in [6.07, 6.45) is 0.854. The molecule has 0 aliphatic heterocycles. The maximum absolute atomic E-state index is 12.2. The van der Waals surface area contributed by atoms with Crippen molar-refractivity contribution in [2.45, 2.75) is 46.0 Å². The van der Waals surface area contributed by atoms with Crippen LogP contribution >= 0.6 is 0 Å². The molecule has 2 aromatic rings. The quantitative estimate of drug-likeness (QED) is 0.732. The van der Waals surface area contributed by atoms with E-state index in [4.69, 9.17) is 0 Å². The van der Waals surface area contributed by atoms with Crippen LogP contribution in [0.5, 0.6) is 0 Å². The third kappa shape index (κ3) is 5.63. The van der Waals surface area contributed by atoms with Crippen LogP contribution in [0.15, 0.2) is 48.5 Å². The van der Waals surface area contributed by atoms with Crippen molar-refractivity contribution >= 4 is 11.6 Å². The molecule has 0 bridgehead atoms. The average Bonchev–Trinajstić information content (AvgIpc) is 2.60. The molecule has 2 N–H and O–H groups in total. The molecule has 1 amide bonds. The number of nitrogens with one attached hydrogen (secondary N) is 2. The Bertz CT molecular complexity index is 651. The molecule has 0 unspecified atom stereocenters. The number of rotatable bonds is 8. The van der Waals surface area contributed by atoms with Crippen LogP contribution in [0.1, 0.15) is 56.2 Å². The summed E-state index contributed by atoms with van der Waals surface area (Å²) in [6, 6.07) is 16.6. The second-order valence-electron chi connectivity index (χ2n) is 7.06. The molecule has 0 fully saturated rings. The van der Waals surface area contributed by atoms with Crippen LogP contribution in [0.4, 0.5) is 5.69 Å². The molecule has 0 saturated carbocycles. The van der Waals surface area contributed by atoms with Crippen LogP contribution in [-0.4, -0.2) is 19.0 Å². The first-order chi connectivity index (χ1) is 12.0. The van der Waals surface area contributed by atoms with Gasteiger partial charge in [-0.2, -0.15) is 0 Å². The molecule has 3 nitrogen and oxygen atoms in total. The Morgan fingerprint density at radius 2 is 1.48 bits per heavy atom. The van der Waals surface area contributed by atoms with Gasteiger partial charge in [-0.05, 0) is 34.9 Å². The van der Waals surface area contributed by atoms with E-state index in [1.807, 2.05) is 18.2 Å². The minimum Gasteiger partial charge on any atom is -0.376 e. The summed E-state index contributed by atoms with van der Waals surface area (Å²) in [5.74, 6) is 0.869. The highest BCUT2D eigenvalue weighted by Gasteiger charge is 2.14. The highest BCUT2D eigenvalue weighted by molar-refractivity contribution is 5.81. The van der Waals surface area contributed by atoms with Crippen molar-refractivity contribution in [3.05, 3.63) is 65.2 Å². The highest BCUT2D eigenvalue weighted by atomic mass is 16.1. The van der Waals surface area contributed by atoms with E-state index in [0.717, 1.165) is 12.1 Å². The largest absolute Gasteiger partial charge is 0.376 e. The normalized spacial score (nSPS) is 11.0. The van der Waals surface area contributed by atoms with Gasteiger partial charge in [0, 0.05) is 12.2 Å². The lowest BCUT2D eigenvalue weighted by atomic mass is 9.92. The molecule has 0 radical (unpaired) electrons. The maximum atomic E-state index is 12.2. The zero-order valence-corrected chi connectivity index (χ0v) is 15.8. The van der Waals surface area contributed by atoms with Gasteiger partial charge in [0.2, 0.25) is 5.91 Å². The minimum absolute atomic E-state index is 0.0317. The fourth-order valence-electron chi connectivity index (χ4n) is 2.98. The second-order valence-corrected chi connectivity index (χ2v) is 7.06. The van der Waals surface area contributed by atoms with Crippen LogP contribution < -0.4 is 10.6 Å². The first-order valence-corrected chi connectivity index (χ1v) is 9.16. The molecule has 2 aromatic carbocycles. The van der Waals surface area contributed by atoms with E-state index >= 15 is 0 Å². The molecule has 0 saturated heterocycles. The maximum Gasteiger partial charge on any atom is 0.239 e. The van der Waals surface area contributed by atoms with Crippen molar-refractivity contribution in [3.63, 3.8) is 0 Å². The summed E-state index contributed by atoms with van der Waals surface area (Å²) >= 11 is 0. The molecule has 0 spiro atoms. The Morgan fingerprint density at radius 1 is 0.880 bits per heavy atom. The summed E-state index contributed by atoms with van der Waals surface area (Å²) in [5.41, 5.74) is 4.89. The number of hydrogen-bond donors (Lipinski definition) is 2. The van der Waals surface area contributed by atoms with Crippen molar-refractivity contribution in [1.82, 2.24) is 5.32 Å². The highest BCUT2D eigenvalue weighted by Crippen LogP contribution is 2.32. The van der Waals surface area contributed by atoms with Gasteiger partial charge in [0.1, 0.15) is 0 Å². The van der Waals surface area contributed by atoms with E-state index < -0.39 is 0 Å². The summed E-state index contributed by atoms with van der Waals surface area (Å²) in [4.78, 5) is 12.2. The van der Waals surface area contributed by atoms with E-state index in [9.17, 15) is 4.79 Å². The van der Waals surface area contributed by atoms with Crippen molar-refractivity contribution in [1.29, 1.82) is 0 Å². The molecule has 0 heterocycles. The predicted octanol–water partition coefficient (Wildman–Crippen LogP) is 4.70. The standard InChI is InChI=1S/C22H30N2O/c1-16(2)19-11-8-12-20(17(3)4)22(19)24-15-21(25)23-14-13-18-9-6-5-7-10-18/h5-12,16-17,24H,13-15H2,1-4H3,(H,23,25). The third-order valence-electron chi connectivity index (χ3n) is 4.38. The average molecular weight is 338 g/mol. The molecule has 0 aliphatic carbocycles. The SMILES string of the molecule is CC(C)c1cccc(C(C)C)c1NCC(=O)NCCc1ccccc1. The lowest BCUT2D eigenvalue weighted by molar-refractivity contribution is -0.119. The summed E-state index contributed by atoms with van der Waals surface area (Å²) in [5, 5.41) is 6.38. The number of amides is 1. The fraction of sp³-hybridized carbons (Fsp3) is 0.409. The van der Waals surface area contributed by atoms with Crippen molar-refractivity contribution in [2.75, 3.05) is 18.4 Å². The second kappa shape index (κ2) is 9.26. The van der Waals surface area contributed by atoms with Gasteiger partial charge >= 0.3 is 0 Å². The van der Waals surface area contributed by atoms with Crippen molar-refractivity contribution in [3.8, 4) is 0 Å². The summed E-state index contributed by atoms with van der Waals surface area (Å²) in [6.45, 7) is 9.70. The number of carbonyl (C=O) groups is 1. The van der Waals surface area contributed by atoms with Gasteiger partial charge in [-0.25, -0.2) is 0 Å². The Labute approximate surface area is 151 Å². The molecule has 134 valence electrons. The Balaban J connectivity index is 1.92. The van der Waals surface area contributed by atoms with Crippen LogP contribution in [-0.2, 0) is 11.2 Å². The van der Waals surface area contributed by atoms with E-state index in [-0.39, 0.29) is 5.91 Å². The first-order valence-electron chi connectivity index (χ1n) is 9.16. The van der Waals surface area contributed by atoms with Gasteiger partial charge < -0.3 is 10.6 Å². The van der Waals surface area contributed by atoms with Gasteiger partial charge in [-0.3, -0.25) is 4.79 Å². The summed E-state index contributed by atoms with van der Waals surface area (Å²) in [7, 11) is 0. The van der Waals surface area contributed by atoms with Crippen LogP contribution in [0, 0.1) is 0 Å². The van der Waals surface area contributed by atoms with Crippen LogP contribution in [0.3, 0.4) is 0 Å². The first kappa shape index (κ1) is 19.0. The smallest absolute Gasteiger partial charge is 0.239 e. The van der Waals surface area contributed by atoms with Gasteiger partial charge in [0.25, 0.3) is 0 Å². The predicted molar refractivity (Wildman–Crippen MR) is 106 cm³/mol. The monoisotopic (exact) mass is 338 g/mol. The number of carbonyl (C=O) groups excluding carboxylic acids is 1. The summed E-state index contributed by atoms with van der Waals surface area (Å²) < 4.78 is 0. The molecule has 0 aromatic heterocycles. The van der Waals surface area contributed by atoms with Gasteiger partial charge in [-0.1, -0.05) is 76.2 Å². The fourth-order valence-corrected chi connectivity index (χ4v) is 2.98.